The molecule has 0 atom stereocenters. The van der Waals surface area contributed by atoms with Gasteiger partial charge in [0.05, 0.1) is 12.7 Å². The number of halogens is 1. The fourth-order valence-corrected chi connectivity index (χ4v) is 3.64. The van der Waals surface area contributed by atoms with Gasteiger partial charge in [0.25, 0.3) is 5.91 Å². The van der Waals surface area contributed by atoms with E-state index in [2.05, 4.69) is 15.5 Å². The average Bonchev–Trinajstić information content (AvgIpc) is 2.75. The molecule has 0 unspecified atom stereocenters. The molecule has 0 saturated carbocycles. The Morgan fingerprint density at radius 2 is 1.86 bits per heavy atom. The van der Waals surface area contributed by atoms with Crippen molar-refractivity contribution in [2.24, 2.45) is 0 Å². The summed E-state index contributed by atoms with van der Waals surface area (Å²) in [6, 6.07) is 14.1. The number of carbonyl (C=O) groups is 1. The first kappa shape index (κ1) is 21.0. The predicted molar refractivity (Wildman–Crippen MR) is 116 cm³/mol. The van der Waals surface area contributed by atoms with Crippen LogP contribution < -0.4 is 15.4 Å². The number of nitrogens with one attached hydrogen (secondary N) is 2. The minimum atomic E-state index is -0.496. The monoisotopic (exact) mass is 415 g/mol. The van der Waals surface area contributed by atoms with Crippen LogP contribution >= 0.6 is 12.2 Å². The second-order valence-electron chi connectivity index (χ2n) is 7.04. The highest BCUT2D eigenvalue weighted by Crippen LogP contribution is 2.14. The number of piperidine rings is 1. The molecule has 2 aromatic rings. The molecule has 0 bridgehead atoms. The molecule has 0 aromatic heterocycles. The van der Waals surface area contributed by atoms with E-state index in [0.717, 1.165) is 49.8 Å². The Morgan fingerprint density at radius 3 is 2.52 bits per heavy atom. The van der Waals surface area contributed by atoms with Crippen LogP contribution in [0.25, 0.3) is 0 Å². The first-order valence-corrected chi connectivity index (χ1v) is 10.2. The lowest BCUT2D eigenvalue weighted by atomic mass is 10.0. The number of hydrogen-bond donors (Lipinski definition) is 2. The van der Waals surface area contributed by atoms with E-state index in [1.54, 1.807) is 19.2 Å². The number of nitrogens with zero attached hydrogens (tertiary/aromatic N) is 1. The predicted octanol–water partition coefficient (Wildman–Crippen LogP) is 3.15. The van der Waals surface area contributed by atoms with Crippen LogP contribution in [0, 0.1) is 5.82 Å². The maximum atomic E-state index is 13.7. The third-order valence-corrected chi connectivity index (χ3v) is 5.49. The second-order valence-corrected chi connectivity index (χ2v) is 7.43. The largest absolute Gasteiger partial charge is 0.497 e. The fraction of sp³-hybridized carbons (Fsp3) is 0.364. The van der Waals surface area contributed by atoms with E-state index in [-0.39, 0.29) is 17.5 Å². The minimum absolute atomic E-state index is 0.0282. The molecule has 0 radical (unpaired) electrons. The first-order valence-electron chi connectivity index (χ1n) is 9.78. The molecular weight excluding hydrogens is 389 g/mol. The van der Waals surface area contributed by atoms with E-state index in [1.807, 2.05) is 24.3 Å². The Hall–Kier alpha value is -2.67. The van der Waals surface area contributed by atoms with Crippen LogP contribution in [0.4, 0.5) is 4.39 Å². The van der Waals surface area contributed by atoms with Gasteiger partial charge in [0, 0.05) is 25.7 Å². The van der Waals surface area contributed by atoms with Crippen LogP contribution in [-0.4, -0.2) is 48.7 Å². The van der Waals surface area contributed by atoms with Gasteiger partial charge in [0.15, 0.2) is 5.11 Å². The van der Waals surface area contributed by atoms with E-state index in [1.165, 1.54) is 17.7 Å². The standard InChI is InChI=1S/C22H26FN3O2S/c1-28-18-8-6-16(7-9-18)10-13-24-22(29)26-14-11-17(12-15-26)25-21(27)19-4-2-3-5-20(19)23/h2-9,17H,10-15H2,1H3,(H,24,29)(H,25,27). The lowest BCUT2D eigenvalue weighted by Crippen LogP contribution is -2.49. The van der Waals surface area contributed by atoms with Crippen molar-refractivity contribution in [1.29, 1.82) is 0 Å². The first-order chi connectivity index (χ1) is 14.1. The van der Waals surface area contributed by atoms with Gasteiger partial charge in [-0.3, -0.25) is 4.79 Å². The molecule has 1 aliphatic rings. The van der Waals surface area contributed by atoms with Crippen LogP contribution in [-0.2, 0) is 6.42 Å². The van der Waals surface area contributed by atoms with Crippen molar-refractivity contribution in [2.75, 3.05) is 26.7 Å². The Balaban J connectivity index is 1.38. The molecule has 2 N–H and O–H groups in total. The number of hydrogen-bond acceptors (Lipinski definition) is 3. The highest BCUT2D eigenvalue weighted by atomic mass is 32.1. The van der Waals surface area contributed by atoms with Gasteiger partial charge in [-0.05, 0) is 61.3 Å². The third-order valence-electron chi connectivity index (χ3n) is 5.08. The van der Waals surface area contributed by atoms with Gasteiger partial charge in [0.1, 0.15) is 11.6 Å². The number of methoxy groups -OCH3 is 1. The molecule has 0 aliphatic carbocycles. The Labute approximate surface area is 176 Å². The number of amides is 1. The summed E-state index contributed by atoms with van der Waals surface area (Å²) < 4.78 is 18.9. The van der Waals surface area contributed by atoms with Crippen LogP contribution in [0.5, 0.6) is 5.75 Å². The minimum Gasteiger partial charge on any atom is -0.497 e. The van der Waals surface area contributed by atoms with E-state index < -0.39 is 5.82 Å². The van der Waals surface area contributed by atoms with Gasteiger partial charge < -0.3 is 20.3 Å². The molecule has 5 nitrogen and oxygen atoms in total. The summed E-state index contributed by atoms with van der Waals surface area (Å²) in [7, 11) is 1.66. The topological polar surface area (TPSA) is 53.6 Å². The van der Waals surface area contributed by atoms with Gasteiger partial charge in [-0.1, -0.05) is 24.3 Å². The van der Waals surface area contributed by atoms with Crippen molar-refractivity contribution in [3.63, 3.8) is 0 Å². The second kappa shape index (κ2) is 10.2. The van der Waals surface area contributed by atoms with Gasteiger partial charge in [-0.2, -0.15) is 0 Å². The highest BCUT2D eigenvalue weighted by Gasteiger charge is 2.23. The quantitative estimate of drug-likeness (QED) is 0.710. The van der Waals surface area contributed by atoms with Crippen molar-refractivity contribution >= 4 is 23.2 Å². The lowest BCUT2D eigenvalue weighted by Gasteiger charge is -2.34. The fourth-order valence-electron chi connectivity index (χ4n) is 3.35. The van der Waals surface area contributed by atoms with Crippen molar-refractivity contribution < 1.29 is 13.9 Å². The number of carbonyl (C=O) groups excluding carboxylic acids is 1. The van der Waals surface area contributed by atoms with Crippen molar-refractivity contribution in [1.82, 2.24) is 15.5 Å². The summed E-state index contributed by atoms with van der Waals surface area (Å²) in [4.78, 5) is 14.4. The molecule has 1 heterocycles. The number of likely N-dealkylation sites (tertiary alicyclic amines) is 1. The van der Waals surface area contributed by atoms with Crippen LogP contribution in [0.3, 0.4) is 0 Å². The van der Waals surface area contributed by atoms with E-state index in [0.29, 0.717) is 0 Å². The van der Waals surface area contributed by atoms with Crippen molar-refractivity contribution in [2.45, 2.75) is 25.3 Å². The maximum absolute atomic E-state index is 13.7. The summed E-state index contributed by atoms with van der Waals surface area (Å²) in [5.41, 5.74) is 1.31. The summed E-state index contributed by atoms with van der Waals surface area (Å²) in [6.07, 6.45) is 2.43. The number of benzene rings is 2. The Bertz CT molecular complexity index is 836. The normalized spacial score (nSPS) is 14.3. The molecule has 3 rings (SSSR count). The number of thiocarbonyl (C=S) groups is 1. The van der Waals surface area contributed by atoms with Gasteiger partial charge in [0.2, 0.25) is 0 Å². The molecule has 1 saturated heterocycles. The molecular formula is C22H26FN3O2S. The summed E-state index contributed by atoms with van der Waals surface area (Å²) in [5.74, 6) is -0.00592. The third kappa shape index (κ3) is 5.90. The van der Waals surface area contributed by atoms with Gasteiger partial charge in [-0.15, -0.1) is 0 Å². The molecule has 1 amide bonds. The molecule has 1 fully saturated rings. The smallest absolute Gasteiger partial charge is 0.254 e. The number of ether oxygens (including phenoxy) is 1. The van der Waals surface area contributed by atoms with E-state index in [9.17, 15) is 9.18 Å². The molecule has 2 aromatic carbocycles. The van der Waals surface area contributed by atoms with Crippen LogP contribution in [0.2, 0.25) is 0 Å². The van der Waals surface area contributed by atoms with Crippen LogP contribution in [0.1, 0.15) is 28.8 Å². The zero-order valence-electron chi connectivity index (χ0n) is 16.5. The SMILES string of the molecule is COc1ccc(CCNC(=S)N2CCC(NC(=O)c3ccccc3F)CC2)cc1. The molecule has 1 aliphatic heterocycles. The molecule has 29 heavy (non-hydrogen) atoms. The Morgan fingerprint density at radius 1 is 1.17 bits per heavy atom. The maximum Gasteiger partial charge on any atom is 0.254 e. The zero-order chi connectivity index (χ0) is 20.6. The summed E-state index contributed by atoms with van der Waals surface area (Å²) in [5, 5.41) is 6.97. The number of rotatable bonds is 6. The van der Waals surface area contributed by atoms with Crippen molar-refractivity contribution in [3.05, 3.63) is 65.5 Å². The van der Waals surface area contributed by atoms with Crippen LogP contribution in [0.15, 0.2) is 48.5 Å². The summed E-state index contributed by atoms with van der Waals surface area (Å²) in [6.45, 7) is 2.28. The highest BCUT2D eigenvalue weighted by molar-refractivity contribution is 7.80. The zero-order valence-corrected chi connectivity index (χ0v) is 17.3. The molecule has 154 valence electrons. The van der Waals surface area contributed by atoms with E-state index >= 15 is 0 Å². The molecule has 0 spiro atoms. The van der Waals surface area contributed by atoms with E-state index in [4.69, 9.17) is 17.0 Å². The molecule has 7 heteroatoms. The Kier molecular flexibility index (Phi) is 7.41. The average molecular weight is 416 g/mol. The van der Waals surface area contributed by atoms with Gasteiger partial charge in [-0.25, -0.2) is 4.39 Å². The summed E-state index contributed by atoms with van der Waals surface area (Å²) >= 11 is 5.51. The lowest BCUT2D eigenvalue weighted by molar-refractivity contribution is 0.0918. The van der Waals surface area contributed by atoms with Crippen molar-refractivity contribution in [3.8, 4) is 5.75 Å². The van der Waals surface area contributed by atoms with Gasteiger partial charge >= 0.3 is 0 Å².